The van der Waals surface area contributed by atoms with Crippen LogP contribution in [0.2, 0.25) is 0 Å². The van der Waals surface area contributed by atoms with Gasteiger partial charge in [-0.1, -0.05) is 54.6 Å². The minimum atomic E-state index is -0.569. The summed E-state index contributed by atoms with van der Waals surface area (Å²) in [4.78, 5) is 25.3. The van der Waals surface area contributed by atoms with Gasteiger partial charge in [0.15, 0.2) is 17.8 Å². The van der Waals surface area contributed by atoms with E-state index in [0.29, 0.717) is 24.1 Å². The molecule has 1 heterocycles. The summed E-state index contributed by atoms with van der Waals surface area (Å²) in [5, 5.41) is 3.55. The maximum absolute atomic E-state index is 12.7. The third-order valence-electron chi connectivity index (χ3n) is 5.51. The number of hydrogen-bond donors (Lipinski definition) is 0. The molecule has 3 aromatic carbocycles. The standard InChI is InChI=1S/C24H18NO2/c26-23-19-10-3-4-11-20(19)24(27)21(23)13-14-25-15-16-7-1-2-8-17(16)18-9-5-6-12-22(18)25/h1-12,15,21H,13-14H2/q+1. The van der Waals surface area contributed by atoms with Crippen LogP contribution in [0, 0.1) is 5.92 Å². The van der Waals surface area contributed by atoms with E-state index < -0.39 is 5.92 Å². The molecule has 0 spiro atoms. The molecule has 0 saturated carbocycles. The molecule has 0 bridgehead atoms. The highest BCUT2D eigenvalue weighted by molar-refractivity contribution is 6.26. The summed E-state index contributed by atoms with van der Waals surface area (Å²) >= 11 is 0. The topological polar surface area (TPSA) is 38.0 Å². The molecule has 0 radical (unpaired) electrons. The van der Waals surface area contributed by atoms with Crippen molar-refractivity contribution in [2.75, 3.05) is 0 Å². The first-order valence-corrected chi connectivity index (χ1v) is 9.21. The Morgan fingerprint density at radius 1 is 0.704 bits per heavy atom. The molecule has 27 heavy (non-hydrogen) atoms. The monoisotopic (exact) mass is 352 g/mol. The maximum atomic E-state index is 12.7. The molecular formula is C24H18NO2+. The van der Waals surface area contributed by atoms with Crippen molar-refractivity contribution < 1.29 is 14.2 Å². The van der Waals surface area contributed by atoms with E-state index in [-0.39, 0.29) is 11.6 Å². The highest BCUT2D eigenvalue weighted by Crippen LogP contribution is 2.29. The number of pyridine rings is 1. The third-order valence-corrected chi connectivity index (χ3v) is 5.51. The Kier molecular flexibility index (Phi) is 3.61. The first-order valence-electron chi connectivity index (χ1n) is 9.21. The zero-order chi connectivity index (χ0) is 18.4. The van der Waals surface area contributed by atoms with Gasteiger partial charge in [-0.25, -0.2) is 0 Å². The van der Waals surface area contributed by atoms with Gasteiger partial charge < -0.3 is 0 Å². The van der Waals surface area contributed by atoms with Crippen LogP contribution >= 0.6 is 0 Å². The molecular weight excluding hydrogens is 334 g/mol. The minimum Gasteiger partial charge on any atom is -0.293 e. The number of carbonyl (C=O) groups is 2. The number of aromatic nitrogens is 1. The number of benzene rings is 3. The minimum absolute atomic E-state index is 0.0405. The van der Waals surface area contributed by atoms with Crippen LogP contribution in [0.5, 0.6) is 0 Å². The third kappa shape index (κ3) is 2.47. The Morgan fingerprint density at radius 2 is 1.30 bits per heavy atom. The van der Waals surface area contributed by atoms with Gasteiger partial charge in [0.2, 0.25) is 5.52 Å². The fourth-order valence-electron chi connectivity index (χ4n) is 4.17. The second-order valence-corrected chi connectivity index (χ2v) is 7.04. The second kappa shape index (κ2) is 6.13. The van der Waals surface area contributed by atoms with Crippen molar-refractivity contribution in [3.8, 4) is 0 Å². The Labute approximate surface area is 156 Å². The van der Waals surface area contributed by atoms with Gasteiger partial charge in [-0.05, 0) is 12.1 Å². The fourth-order valence-corrected chi connectivity index (χ4v) is 4.17. The number of fused-ring (bicyclic) bond motifs is 4. The zero-order valence-electron chi connectivity index (χ0n) is 14.8. The molecule has 3 nitrogen and oxygen atoms in total. The van der Waals surface area contributed by atoms with Gasteiger partial charge in [-0.15, -0.1) is 0 Å². The maximum Gasteiger partial charge on any atom is 0.213 e. The lowest BCUT2D eigenvalue weighted by Crippen LogP contribution is -2.36. The van der Waals surface area contributed by atoms with E-state index in [4.69, 9.17) is 0 Å². The number of ketones is 2. The summed E-state index contributed by atoms with van der Waals surface area (Å²) in [6, 6.07) is 23.7. The van der Waals surface area contributed by atoms with Crippen LogP contribution in [0.15, 0.2) is 79.0 Å². The molecule has 0 aliphatic heterocycles. The van der Waals surface area contributed by atoms with Crippen molar-refractivity contribution in [2.45, 2.75) is 13.0 Å². The predicted octanol–water partition coefficient (Wildman–Crippen LogP) is 4.37. The number of aryl methyl sites for hydroxylation is 1. The summed E-state index contributed by atoms with van der Waals surface area (Å²) in [5.41, 5.74) is 2.26. The fraction of sp³-hybridized carbons (Fsp3) is 0.125. The van der Waals surface area contributed by atoms with Gasteiger partial charge >= 0.3 is 0 Å². The van der Waals surface area contributed by atoms with E-state index in [9.17, 15) is 9.59 Å². The van der Waals surface area contributed by atoms with Crippen molar-refractivity contribution in [3.05, 3.63) is 90.1 Å². The molecule has 0 amide bonds. The van der Waals surface area contributed by atoms with Gasteiger partial charge in [0.05, 0.1) is 11.3 Å². The van der Waals surface area contributed by atoms with Crippen LogP contribution in [0.4, 0.5) is 0 Å². The molecule has 5 rings (SSSR count). The predicted molar refractivity (Wildman–Crippen MR) is 105 cm³/mol. The van der Waals surface area contributed by atoms with Crippen LogP contribution in [0.3, 0.4) is 0 Å². The van der Waals surface area contributed by atoms with E-state index in [1.54, 1.807) is 12.1 Å². The summed E-state index contributed by atoms with van der Waals surface area (Å²) in [7, 11) is 0. The number of rotatable bonds is 3. The number of Topliss-reactive ketones (excluding diaryl/α,β-unsaturated/α-hetero) is 2. The zero-order valence-corrected chi connectivity index (χ0v) is 14.8. The first-order chi connectivity index (χ1) is 13.2. The van der Waals surface area contributed by atoms with E-state index in [2.05, 4.69) is 35.0 Å². The van der Waals surface area contributed by atoms with Crippen molar-refractivity contribution in [2.24, 2.45) is 5.92 Å². The highest BCUT2D eigenvalue weighted by atomic mass is 16.2. The van der Waals surface area contributed by atoms with Gasteiger partial charge in [0.1, 0.15) is 6.54 Å². The lowest BCUT2D eigenvalue weighted by molar-refractivity contribution is -0.670. The molecule has 4 aromatic rings. The average molecular weight is 352 g/mol. The van der Waals surface area contributed by atoms with Crippen LogP contribution in [0.25, 0.3) is 21.7 Å². The molecule has 1 aliphatic rings. The molecule has 130 valence electrons. The molecule has 0 saturated heterocycles. The lowest BCUT2D eigenvalue weighted by Gasteiger charge is -2.08. The summed E-state index contributed by atoms with van der Waals surface area (Å²) in [6.45, 7) is 0.626. The quantitative estimate of drug-likeness (QED) is 0.312. The van der Waals surface area contributed by atoms with Crippen LogP contribution in [0.1, 0.15) is 27.1 Å². The SMILES string of the molecule is O=C1c2ccccc2C(=O)C1CC[n+]1cc2ccccc2c2ccccc21. The molecule has 0 N–H and O–H groups in total. The largest absolute Gasteiger partial charge is 0.293 e. The van der Waals surface area contributed by atoms with Gasteiger partial charge in [-0.3, -0.25) is 9.59 Å². The molecule has 1 aliphatic carbocycles. The summed E-state index contributed by atoms with van der Waals surface area (Å²) in [6.07, 6.45) is 2.63. The number of nitrogens with zero attached hydrogens (tertiary/aromatic N) is 1. The van der Waals surface area contributed by atoms with Crippen LogP contribution in [-0.2, 0) is 6.54 Å². The Bertz CT molecular complexity index is 1190. The van der Waals surface area contributed by atoms with E-state index in [1.165, 1.54) is 10.8 Å². The van der Waals surface area contributed by atoms with Gasteiger partial charge in [0.25, 0.3) is 0 Å². The summed E-state index contributed by atoms with van der Waals surface area (Å²) in [5.74, 6) is -0.650. The van der Waals surface area contributed by atoms with Crippen molar-refractivity contribution in [3.63, 3.8) is 0 Å². The number of hydrogen-bond acceptors (Lipinski definition) is 2. The Hall–Kier alpha value is -3.33. The first kappa shape index (κ1) is 15.9. The Morgan fingerprint density at radius 3 is 2.04 bits per heavy atom. The molecule has 3 heteroatoms. The molecule has 1 aromatic heterocycles. The van der Waals surface area contributed by atoms with E-state index in [1.807, 2.05) is 36.4 Å². The van der Waals surface area contributed by atoms with Crippen molar-refractivity contribution >= 4 is 33.2 Å². The lowest BCUT2D eigenvalue weighted by atomic mass is 9.99. The second-order valence-electron chi connectivity index (χ2n) is 7.04. The number of carbonyl (C=O) groups excluding carboxylic acids is 2. The highest BCUT2D eigenvalue weighted by Gasteiger charge is 2.38. The van der Waals surface area contributed by atoms with E-state index >= 15 is 0 Å². The Balaban J connectivity index is 1.52. The molecule has 0 atom stereocenters. The average Bonchev–Trinajstić information content (AvgIpc) is 2.97. The summed E-state index contributed by atoms with van der Waals surface area (Å²) < 4.78 is 2.17. The normalized spacial score (nSPS) is 14.2. The van der Waals surface area contributed by atoms with Gasteiger partial charge in [-0.2, -0.15) is 4.57 Å². The van der Waals surface area contributed by atoms with Gasteiger partial charge in [0, 0.05) is 34.4 Å². The number of para-hydroxylation sites is 1. The smallest absolute Gasteiger partial charge is 0.213 e. The molecule has 0 unspecified atom stereocenters. The van der Waals surface area contributed by atoms with E-state index in [0.717, 1.165) is 10.9 Å². The molecule has 0 fully saturated rings. The van der Waals surface area contributed by atoms with Crippen LogP contribution in [-0.4, -0.2) is 11.6 Å². The van der Waals surface area contributed by atoms with Crippen molar-refractivity contribution in [1.82, 2.24) is 0 Å². The van der Waals surface area contributed by atoms with Crippen molar-refractivity contribution in [1.29, 1.82) is 0 Å². The van der Waals surface area contributed by atoms with Crippen LogP contribution < -0.4 is 4.57 Å².